The largest absolute Gasteiger partial charge is 0.507 e. The van der Waals surface area contributed by atoms with Crippen molar-refractivity contribution >= 4 is 34.2 Å². The zero-order valence-electron chi connectivity index (χ0n) is 32.8. The predicted molar refractivity (Wildman–Crippen MR) is 217 cm³/mol. The van der Waals surface area contributed by atoms with Crippen LogP contribution in [0.4, 0.5) is 4.39 Å². The van der Waals surface area contributed by atoms with Crippen molar-refractivity contribution in [3.8, 4) is 33.3 Å². The summed E-state index contributed by atoms with van der Waals surface area (Å²) in [5.74, 6) is -0.00365. The van der Waals surface area contributed by atoms with Gasteiger partial charge in [0.2, 0.25) is 11.8 Å². The molecule has 16 heteroatoms. The number of β-amino-alcohol motifs (C(OH)–C–C–N with tert-alkyl or cyclic N) is 1. The van der Waals surface area contributed by atoms with E-state index in [-0.39, 0.29) is 42.3 Å². The molecule has 6 heterocycles. The first-order valence-corrected chi connectivity index (χ1v) is 20.8. The van der Waals surface area contributed by atoms with Gasteiger partial charge in [0.25, 0.3) is 5.88 Å². The molecule has 6 atom stereocenters. The number of rotatable bonds is 13. The van der Waals surface area contributed by atoms with Crippen molar-refractivity contribution in [3.63, 3.8) is 0 Å². The Labute approximate surface area is 343 Å². The molecule has 0 bridgehead atoms. The molecular weight excluding hydrogens is 776 g/mol. The lowest BCUT2D eigenvalue weighted by Crippen LogP contribution is -2.48. The number of aliphatic hydroxyl groups is 1. The number of benzene rings is 2. The fourth-order valence-electron chi connectivity index (χ4n) is 8.88. The molecule has 14 nitrogen and oxygen atoms in total. The van der Waals surface area contributed by atoms with E-state index >= 15 is 0 Å². The van der Waals surface area contributed by atoms with Crippen LogP contribution < -0.4 is 10.1 Å². The lowest BCUT2D eigenvalue weighted by Gasteiger charge is -2.28. The fraction of sp³-hybridized carbons (Fsp3) is 0.395. The Hall–Kier alpha value is -5.71. The van der Waals surface area contributed by atoms with E-state index < -0.39 is 23.9 Å². The second-order valence-electron chi connectivity index (χ2n) is 16.2. The number of likely N-dealkylation sites (tertiary alicyclic amines) is 2. The molecule has 2 aliphatic heterocycles. The molecule has 2 saturated heterocycles. The first-order valence-electron chi connectivity index (χ1n) is 19.9. The lowest BCUT2D eigenvalue weighted by atomic mass is 9.91. The van der Waals surface area contributed by atoms with Gasteiger partial charge in [-0.05, 0) is 71.3 Å². The van der Waals surface area contributed by atoms with Gasteiger partial charge in [0.05, 0.1) is 27.9 Å². The van der Waals surface area contributed by atoms with Crippen LogP contribution in [0.5, 0.6) is 11.6 Å². The van der Waals surface area contributed by atoms with Gasteiger partial charge in [-0.3, -0.25) is 14.5 Å². The summed E-state index contributed by atoms with van der Waals surface area (Å²) >= 11 is 1.58. The molecule has 6 aromatic rings. The number of carbonyl (C=O) groups is 2. The summed E-state index contributed by atoms with van der Waals surface area (Å²) in [5, 5.41) is 37.3. The molecule has 1 saturated carbocycles. The van der Waals surface area contributed by atoms with Crippen LogP contribution >= 0.6 is 11.3 Å². The number of piperidine rings is 1. The van der Waals surface area contributed by atoms with Gasteiger partial charge in [-0.25, -0.2) is 9.37 Å². The van der Waals surface area contributed by atoms with Gasteiger partial charge in [0.15, 0.2) is 11.4 Å². The first kappa shape index (κ1) is 38.8. The van der Waals surface area contributed by atoms with Crippen LogP contribution in [0, 0.1) is 30.5 Å². The van der Waals surface area contributed by atoms with Gasteiger partial charge in [0, 0.05) is 67.8 Å². The smallest absolute Gasteiger partial charge is 0.254 e. The van der Waals surface area contributed by atoms with E-state index in [0.29, 0.717) is 60.1 Å². The Morgan fingerprint density at radius 3 is 2.61 bits per heavy atom. The number of amides is 2. The lowest BCUT2D eigenvalue weighted by molar-refractivity contribution is -0.141. The van der Waals surface area contributed by atoms with E-state index in [1.807, 2.05) is 56.6 Å². The van der Waals surface area contributed by atoms with Crippen molar-refractivity contribution in [1.29, 1.82) is 0 Å². The zero-order chi connectivity index (χ0) is 40.9. The van der Waals surface area contributed by atoms with Crippen molar-refractivity contribution in [2.75, 3.05) is 32.8 Å². The Kier molecular flexibility index (Phi) is 10.4. The summed E-state index contributed by atoms with van der Waals surface area (Å²) in [6, 6.07) is 16.4. The van der Waals surface area contributed by atoms with Crippen LogP contribution in [0.15, 0.2) is 70.7 Å². The molecule has 3 aliphatic rings. The number of phenols is 1. The number of nitrogens with one attached hydrogen (secondary N) is 2. The first-order chi connectivity index (χ1) is 28.5. The Morgan fingerprint density at radius 2 is 1.86 bits per heavy atom. The summed E-state index contributed by atoms with van der Waals surface area (Å²) in [7, 11) is 0. The summed E-state index contributed by atoms with van der Waals surface area (Å²) in [4.78, 5) is 40.2. The molecule has 1 unspecified atom stereocenters. The molecule has 4 N–H and O–H groups in total. The minimum Gasteiger partial charge on any atom is -0.507 e. The minimum atomic E-state index is -0.820. The van der Waals surface area contributed by atoms with Crippen LogP contribution in [0.3, 0.4) is 0 Å². The van der Waals surface area contributed by atoms with Gasteiger partial charge < -0.3 is 34.7 Å². The Bertz CT molecular complexity index is 2490. The van der Waals surface area contributed by atoms with Gasteiger partial charge in [-0.15, -0.1) is 21.5 Å². The minimum absolute atomic E-state index is 0.0521. The van der Waals surface area contributed by atoms with Crippen molar-refractivity contribution in [3.05, 3.63) is 94.7 Å². The van der Waals surface area contributed by atoms with Gasteiger partial charge in [0.1, 0.15) is 30.1 Å². The van der Waals surface area contributed by atoms with E-state index in [4.69, 9.17) is 9.26 Å². The second-order valence-corrected chi connectivity index (χ2v) is 17.1. The van der Waals surface area contributed by atoms with Crippen LogP contribution in [0.1, 0.15) is 54.8 Å². The number of fused-ring (bicyclic) bond motifs is 2. The highest BCUT2D eigenvalue weighted by Crippen LogP contribution is 2.58. The van der Waals surface area contributed by atoms with Gasteiger partial charge >= 0.3 is 0 Å². The van der Waals surface area contributed by atoms with E-state index in [0.717, 1.165) is 45.9 Å². The maximum Gasteiger partial charge on any atom is 0.254 e. The number of aromatic nitrogens is 5. The van der Waals surface area contributed by atoms with Crippen LogP contribution in [0.25, 0.3) is 32.7 Å². The van der Waals surface area contributed by atoms with E-state index in [1.165, 1.54) is 23.1 Å². The fourth-order valence-corrected chi connectivity index (χ4v) is 9.69. The highest BCUT2D eigenvalue weighted by atomic mass is 32.1. The number of H-pyrrole nitrogens is 1. The number of aryl methyl sites for hydroxylation is 1. The molecular formula is C43H45FN8O6S. The van der Waals surface area contributed by atoms with E-state index in [1.54, 1.807) is 17.4 Å². The molecule has 2 amide bonds. The number of hydrogen-bond donors (Lipinski definition) is 4. The summed E-state index contributed by atoms with van der Waals surface area (Å²) < 4.78 is 25.5. The third-order valence-corrected chi connectivity index (χ3v) is 12.9. The normalized spacial score (nSPS) is 21.9. The van der Waals surface area contributed by atoms with E-state index in [9.17, 15) is 24.2 Å². The quantitative estimate of drug-likeness (QED) is 0.113. The van der Waals surface area contributed by atoms with Crippen molar-refractivity contribution in [1.82, 2.24) is 40.4 Å². The Morgan fingerprint density at radius 1 is 1.07 bits per heavy atom. The molecule has 0 spiro atoms. The zero-order valence-corrected chi connectivity index (χ0v) is 33.7. The third kappa shape index (κ3) is 7.79. The highest BCUT2D eigenvalue weighted by Gasteiger charge is 2.56. The number of aromatic amines is 1. The molecule has 3 fully saturated rings. The van der Waals surface area contributed by atoms with Gasteiger partial charge in [-0.2, -0.15) is 0 Å². The number of halogens is 1. The molecule has 2 aromatic carbocycles. The van der Waals surface area contributed by atoms with Crippen LogP contribution in [0.2, 0.25) is 0 Å². The standard InChI is InChI=1S/C43H45FN8O6S/c1-22(2)38(43(56)52-18-28(53)15-34(52)42(55)45-17-24-4-6-25(7-5-24)40-23(3)46-21-59-40)36-16-37(50-58-36)57-11-10-51-19-30-31(20-51)39(30)33-13-26-12-32(48-49-41(26)47-33)29-14-27(44)8-9-35(29)54/h4-9,12-14,16,21-22,28,30-31,34,38-39,53-54H,10-11,15,17-20H2,1-3H3,(H,45,55)(H,47,49)/t28-,30-,31+,34+,38-,39?/m1/s1. The monoisotopic (exact) mass is 820 g/mol. The molecule has 4 aromatic heterocycles. The summed E-state index contributed by atoms with van der Waals surface area (Å²) in [5.41, 5.74) is 7.25. The number of aromatic hydroxyl groups is 1. The highest BCUT2D eigenvalue weighted by molar-refractivity contribution is 7.13. The molecule has 1 aliphatic carbocycles. The number of nitrogens with zero attached hydrogens (tertiary/aromatic N) is 6. The second kappa shape index (κ2) is 15.8. The van der Waals surface area contributed by atoms with Crippen LogP contribution in [-0.4, -0.2) is 102 Å². The number of hydrogen-bond acceptors (Lipinski definition) is 12. The molecule has 0 radical (unpaired) electrons. The van der Waals surface area contributed by atoms with Crippen molar-refractivity contribution < 1.29 is 33.5 Å². The summed E-state index contributed by atoms with van der Waals surface area (Å²) in [6.07, 6.45) is -0.670. The third-order valence-electron chi connectivity index (χ3n) is 12.0. The number of ether oxygens (including phenoxy) is 1. The average molecular weight is 821 g/mol. The van der Waals surface area contributed by atoms with Gasteiger partial charge in [-0.1, -0.05) is 38.1 Å². The summed E-state index contributed by atoms with van der Waals surface area (Å²) in [6.45, 7) is 9.08. The number of phenolic OH excluding ortho intramolecular Hbond substituents is 1. The molecule has 59 heavy (non-hydrogen) atoms. The average Bonchev–Trinajstić information content (AvgIpc) is 3.91. The molecule has 9 rings (SSSR count). The number of thiazole rings is 1. The topological polar surface area (TPSA) is 183 Å². The predicted octanol–water partition coefficient (Wildman–Crippen LogP) is 5.63. The van der Waals surface area contributed by atoms with Crippen molar-refractivity contribution in [2.45, 2.75) is 57.7 Å². The van der Waals surface area contributed by atoms with E-state index in [2.05, 4.69) is 41.6 Å². The maximum atomic E-state index is 14.1. The number of carbonyl (C=O) groups excluding carboxylic acids is 2. The molecule has 306 valence electrons. The number of aliphatic hydroxyl groups excluding tert-OH is 1. The maximum absolute atomic E-state index is 14.1. The Balaban J connectivity index is 0.763. The van der Waals surface area contributed by atoms with Crippen LogP contribution in [-0.2, 0) is 16.1 Å². The SMILES string of the molecule is Cc1ncsc1-c1ccc(CNC(=O)[C@@H]2C[C@@H](O)CN2C(=O)[C@@H](c2cc(OCCN3C[C@@H]4C(c5cc6cc(-c7cc(F)ccc7O)nnc6[nH]5)[C@@H]4C3)no2)C(C)C)cc1. The van der Waals surface area contributed by atoms with Crippen molar-refractivity contribution in [2.24, 2.45) is 17.8 Å².